The Hall–Kier alpha value is -0.540. The van der Waals surface area contributed by atoms with Gasteiger partial charge >= 0.3 is 0 Å². The first-order chi connectivity index (χ1) is 8.08. The van der Waals surface area contributed by atoms with Crippen LogP contribution >= 0.6 is 27.5 Å². The number of carbonyl (C=O) groups excluding carboxylic acids is 1. The number of carbonyl (C=O) groups is 1. The fourth-order valence-electron chi connectivity index (χ4n) is 2.23. The average Bonchev–Trinajstić information content (AvgIpc) is 2.70. The summed E-state index contributed by atoms with van der Waals surface area (Å²) in [5, 5.41) is 0.657. The molecule has 1 aliphatic heterocycles. The van der Waals surface area contributed by atoms with Crippen molar-refractivity contribution >= 4 is 33.4 Å². The second-order valence-corrected chi connectivity index (χ2v) is 5.77. The van der Waals surface area contributed by atoms with Gasteiger partial charge in [-0.15, -0.1) is 0 Å². The van der Waals surface area contributed by atoms with Crippen molar-refractivity contribution < 1.29 is 4.79 Å². The molecule has 1 saturated heterocycles. The van der Waals surface area contributed by atoms with Crippen molar-refractivity contribution in [3.05, 3.63) is 33.3 Å². The van der Waals surface area contributed by atoms with E-state index in [9.17, 15) is 4.79 Å². The van der Waals surface area contributed by atoms with Gasteiger partial charge in [0.05, 0.1) is 11.4 Å². The summed E-state index contributed by atoms with van der Waals surface area (Å²) in [7, 11) is 0. The molecule has 0 aromatic heterocycles. The summed E-state index contributed by atoms with van der Waals surface area (Å²) in [6.45, 7) is 3.00. The first-order valence-electron chi connectivity index (χ1n) is 5.81. The molecule has 1 fully saturated rings. The fourth-order valence-corrected chi connectivity index (χ4v) is 2.68. The lowest BCUT2D eigenvalue weighted by molar-refractivity contribution is -0.130. The second-order valence-electron chi connectivity index (χ2n) is 4.50. The van der Waals surface area contributed by atoms with Crippen molar-refractivity contribution in [2.45, 2.75) is 32.2 Å². The molecule has 1 aliphatic rings. The number of hydrogen-bond acceptors (Lipinski definition) is 1. The fraction of sp³-hybridized carbons (Fsp3) is 0.462. The summed E-state index contributed by atoms with van der Waals surface area (Å²) >= 11 is 9.36. The van der Waals surface area contributed by atoms with Crippen molar-refractivity contribution in [3.63, 3.8) is 0 Å². The summed E-state index contributed by atoms with van der Waals surface area (Å²) in [5.41, 5.74) is 0.974. The molecule has 2 rings (SSSR count). The monoisotopic (exact) mass is 315 g/mol. The van der Waals surface area contributed by atoms with Crippen molar-refractivity contribution in [1.82, 2.24) is 4.90 Å². The molecule has 0 N–H and O–H groups in total. The molecule has 0 saturated carbocycles. The Balaban J connectivity index is 2.05. The Labute approximate surface area is 115 Å². The van der Waals surface area contributed by atoms with Crippen LogP contribution in [0.25, 0.3) is 0 Å². The van der Waals surface area contributed by atoms with Crippen LogP contribution < -0.4 is 0 Å². The van der Waals surface area contributed by atoms with Gasteiger partial charge in [-0.3, -0.25) is 4.79 Å². The summed E-state index contributed by atoms with van der Waals surface area (Å²) in [5.74, 6) is 0.202. The highest BCUT2D eigenvalue weighted by atomic mass is 79.9. The minimum absolute atomic E-state index is 0.202. The summed E-state index contributed by atoms with van der Waals surface area (Å²) in [6.07, 6.45) is 2.68. The van der Waals surface area contributed by atoms with E-state index in [1.807, 2.05) is 23.1 Å². The molecule has 1 atom stereocenters. The molecule has 2 nitrogen and oxygen atoms in total. The van der Waals surface area contributed by atoms with E-state index in [-0.39, 0.29) is 5.91 Å². The van der Waals surface area contributed by atoms with Crippen molar-refractivity contribution in [2.75, 3.05) is 6.54 Å². The van der Waals surface area contributed by atoms with Crippen LogP contribution in [0, 0.1) is 0 Å². The lowest BCUT2D eigenvalue weighted by Gasteiger charge is -2.21. The predicted molar refractivity (Wildman–Crippen MR) is 73.3 cm³/mol. The van der Waals surface area contributed by atoms with Gasteiger partial charge in [-0.1, -0.05) is 17.7 Å². The van der Waals surface area contributed by atoms with Gasteiger partial charge in [0.25, 0.3) is 0 Å². The molecule has 0 aliphatic carbocycles. The quantitative estimate of drug-likeness (QED) is 0.815. The zero-order valence-electron chi connectivity index (χ0n) is 9.75. The predicted octanol–water partition coefficient (Wildman–Crippen LogP) is 3.66. The maximum atomic E-state index is 12.1. The van der Waals surface area contributed by atoms with Crippen LogP contribution in [-0.2, 0) is 11.2 Å². The summed E-state index contributed by atoms with van der Waals surface area (Å²) in [6, 6.07) is 6.06. The van der Waals surface area contributed by atoms with E-state index in [4.69, 9.17) is 11.6 Å². The van der Waals surface area contributed by atoms with Crippen LogP contribution in [0.1, 0.15) is 25.3 Å². The highest BCUT2D eigenvalue weighted by Gasteiger charge is 2.24. The number of halogens is 2. The van der Waals surface area contributed by atoms with Gasteiger partial charge in [-0.25, -0.2) is 0 Å². The minimum Gasteiger partial charge on any atom is -0.340 e. The van der Waals surface area contributed by atoms with Crippen molar-refractivity contribution in [1.29, 1.82) is 0 Å². The zero-order valence-corrected chi connectivity index (χ0v) is 12.1. The number of likely N-dealkylation sites (tertiary alicyclic amines) is 1. The van der Waals surface area contributed by atoms with Crippen molar-refractivity contribution in [3.8, 4) is 0 Å². The van der Waals surface area contributed by atoms with Gasteiger partial charge in [-0.2, -0.15) is 0 Å². The lowest BCUT2D eigenvalue weighted by Crippen LogP contribution is -2.34. The van der Waals surface area contributed by atoms with Crippen LogP contribution in [0.3, 0.4) is 0 Å². The van der Waals surface area contributed by atoms with Crippen molar-refractivity contribution in [2.24, 2.45) is 0 Å². The molecular formula is C13H15BrClNO. The maximum Gasteiger partial charge on any atom is 0.227 e. The highest BCUT2D eigenvalue weighted by molar-refractivity contribution is 9.10. The molecule has 0 radical (unpaired) electrons. The average molecular weight is 317 g/mol. The molecule has 1 unspecified atom stereocenters. The Bertz CT molecular complexity index is 435. The SMILES string of the molecule is CC1CCCN1C(=O)Cc1ccc(Br)c(Cl)c1. The third-order valence-corrected chi connectivity index (χ3v) is 4.45. The molecule has 4 heteroatoms. The van der Waals surface area contributed by atoms with Gasteiger partial charge < -0.3 is 4.90 Å². The highest BCUT2D eigenvalue weighted by Crippen LogP contribution is 2.24. The molecule has 1 aromatic carbocycles. The van der Waals surface area contributed by atoms with E-state index in [0.717, 1.165) is 29.4 Å². The lowest BCUT2D eigenvalue weighted by atomic mass is 10.1. The summed E-state index contributed by atoms with van der Waals surface area (Å²) < 4.78 is 0.866. The number of rotatable bonds is 2. The van der Waals surface area contributed by atoms with Crippen LogP contribution in [0.4, 0.5) is 0 Å². The third-order valence-electron chi connectivity index (χ3n) is 3.21. The number of benzene rings is 1. The molecule has 1 amide bonds. The molecule has 17 heavy (non-hydrogen) atoms. The normalized spacial score (nSPS) is 19.7. The second kappa shape index (κ2) is 5.40. The maximum absolute atomic E-state index is 12.1. The first-order valence-corrected chi connectivity index (χ1v) is 6.98. The topological polar surface area (TPSA) is 20.3 Å². The smallest absolute Gasteiger partial charge is 0.227 e. The van der Waals surface area contributed by atoms with Crippen LogP contribution in [0.15, 0.2) is 22.7 Å². The largest absolute Gasteiger partial charge is 0.340 e. The Morgan fingerprint density at radius 1 is 1.59 bits per heavy atom. The zero-order chi connectivity index (χ0) is 12.4. The molecular weight excluding hydrogens is 302 g/mol. The van der Waals surface area contributed by atoms with Gasteiger partial charge in [0.1, 0.15) is 0 Å². The Kier molecular flexibility index (Phi) is 4.10. The van der Waals surface area contributed by atoms with Gasteiger partial charge in [0.15, 0.2) is 0 Å². The molecule has 92 valence electrons. The molecule has 1 aromatic rings. The Morgan fingerprint density at radius 3 is 2.94 bits per heavy atom. The van der Waals surface area contributed by atoms with Gasteiger partial charge in [0.2, 0.25) is 5.91 Å². The van der Waals surface area contributed by atoms with Crippen LogP contribution in [0.2, 0.25) is 5.02 Å². The number of nitrogens with zero attached hydrogens (tertiary/aromatic N) is 1. The van der Waals surface area contributed by atoms with E-state index in [1.54, 1.807) is 0 Å². The van der Waals surface area contributed by atoms with Crippen LogP contribution in [0.5, 0.6) is 0 Å². The van der Waals surface area contributed by atoms with E-state index in [0.29, 0.717) is 17.5 Å². The van der Waals surface area contributed by atoms with Gasteiger partial charge in [0, 0.05) is 17.1 Å². The van der Waals surface area contributed by atoms with Gasteiger partial charge in [-0.05, 0) is 53.4 Å². The minimum atomic E-state index is 0.202. The van der Waals surface area contributed by atoms with E-state index >= 15 is 0 Å². The van der Waals surface area contributed by atoms with Crippen LogP contribution in [-0.4, -0.2) is 23.4 Å². The first kappa shape index (κ1) is 12.9. The molecule has 0 bridgehead atoms. The number of hydrogen-bond donors (Lipinski definition) is 0. The van der Waals surface area contributed by atoms with E-state index < -0.39 is 0 Å². The standard InChI is InChI=1S/C13H15BrClNO/c1-9-3-2-6-16(9)13(17)8-10-4-5-11(14)12(15)7-10/h4-5,7,9H,2-3,6,8H2,1H3. The molecule has 0 spiro atoms. The van der Waals surface area contributed by atoms with E-state index in [1.165, 1.54) is 0 Å². The molecule has 1 heterocycles. The third kappa shape index (κ3) is 3.02. The Morgan fingerprint density at radius 2 is 2.35 bits per heavy atom. The summed E-state index contributed by atoms with van der Waals surface area (Å²) in [4.78, 5) is 14.1. The number of amides is 1. The van der Waals surface area contributed by atoms with E-state index in [2.05, 4.69) is 22.9 Å².